The van der Waals surface area contributed by atoms with Crippen LogP contribution in [0.1, 0.15) is 20.3 Å². The number of aliphatic hydroxyl groups is 1. The summed E-state index contributed by atoms with van der Waals surface area (Å²) in [5, 5.41) is 33.1. The molecular formula is C15H26N4O8S. The fraction of sp³-hybridized carbons (Fsp3) is 0.667. The number of hydrogen-bond acceptors (Lipinski definition) is 8. The molecule has 0 aromatic heterocycles. The normalized spacial score (nSPS) is 15.1. The Labute approximate surface area is 166 Å². The van der Waals surface area contributed by atoms with Gasteiger partial charge in [-0.3, -0.25) is 19.2 Å². The first-order valence-electron chi connectivity index (χ1n) is 8.27. The Bertz CT molecular complexity index is 601. The minimum Gasteiger partial charge on any atom is -0.481 e. The number of nitrogens with one attached hydrogen (secondary N) is 3. The van der Waals surface area contributed by atoms with E-state index in [-0.39, 0.29) is 11.7 Å². The Morgan fingerprint density at radius 2 is 1.36 bits per heavy atom. The van der Waals surface area contributed by atoms with Gasteiger partial charge in [-0.05, 0) is 5.92 Å². The van der Waals surface area contributed by atoms with Crippen LogP contribution in [0, 0.1) is 5.92 Å². The van der Waals surface area contributed by atoms with Crippen molar-refractivity contribution >= 4 is 42.3 Å². The monoisotopic (exact) mass is 422 g/mol. The van der Waals surface area contributed by atoms with E-state index in [1.165, 1.54) is 0 Å². The molecule has 3 amide bonds. The van der Waals surface area contributed by atoms with E-state index >= 15 is 0 Å². The zero-order valence-electron chi connectivity index (χ0n) is 15.4. The number of rotatable bonds is 12. The number of carbonyl (C=O) groups excluding carboxylic acids is 3. The highest BCUT2D eigenvalue weighted by Gasteiger charge is 2.31. The summed E-state index contributed by atoms with van der Waals surface area (Å²) in [5.41, 5.74) is 5.67. The van der Waals surface area contributed by atoms with Crippen LogP contribution in [0.4, 0.5) is 0 Å². The van der Waals surface area contributed by atoms with Gasteiger partial charge in [0.1, 0.15) is 18.1 Å². The predicted octanol–water partition coefficient (Wildman–Crippen LogP) is -3.09. The summed E-state index contributed by atoms with van der Waals surface area (Å²) in [6.45, 7) is 2.45. The van der Waals surface area contributed by atoms with Crippen molar-refractivity contribution in [3.8, 4) is 0 Å². The van der Waals surface area contributed by atoms with Crippen molar-refractivity contribution < 1.29 is 39.3 Å². The zero-order chi connectivity index (χ0) is 22.0. The van der Waals surface area contributed by atoms with Crippen molar-refractivity contribution in [1.29, 1.82) is 0 Å². The van der Waals surface area contributed by atoms with Crippen molar-refractivity contribution in [2.45, 2.75) is 44.4 Å². The van der Waals surface area contributed by atoms with Crippen LogP contribution in [0.15, 0.2) is 0 Å². The molecule has 28 heavy (non-hydrogen) atoms. The number of aliphatic carboxylic acids is 2. The lowest BCUT2D eigenvalue weighted by molar-refractivity contribution is -0.144. The van der Waals surface area contributed by atoms with Crippen LogP contribution in [-0.2, 0) is 24.0 Å². The molecule has 0 saturated heterocycles. The smallest absolute Gasteiger partial charge is 0.328 e. The number of nitrogens with two attached hydrogens (primary N) is 1. The molecule has 0 aromatic rings. The Morgan fingerprint density at radius 1 is 0.893 bits per heavy atom. The third-order valence-electron chi connectivity index (χ3n) is 3.65. The van der Waals surface area contributed by atoms with Gasteiger partial charge in [0.25, 0.3) is 0 Å². The fourth-order valence-electron chi connectivity index (χ4n) is 1.88. The maximum Gasteiger partial charge on any atom is 0.328 e. The Hall–Kier alpha value is -2.38. The largest absolute Gasteiger partial charge is 0.481 e. The molecule has 0 heterocycles. The first-order chi connectivity index (χ1) is 12.9. The standard InChI is InChI=1S/C15H26N4O8S/c1-6(2)11(16)14(25)17-7(3-10(21)22)12(23)19-9(5-28)13(24)18-8(4-20)15(26)27/h6-9,11,20,28H,3-5,16H2,1-2H3,(H,17,25)(H,18,24)(H,19,23)(H,21,22)(H,26,27). The molecule has 0 spiro atoms. The third kappa shape index (κ3) is 8.54. The summed E-state index contributed by atoms with van der Waals surface area (Å²) >= 11 is 3.89. The average molecular weight is 422 g/mol. The van der Waals surface area contributed by atoms with Crippen LogP contribution in [0.25, 0.3) is 0 Å². The van der Waals surface area contributed by atoms with E-state index in [1.807, 2.05) is 5.32 Å². The molecule has 0 aliphatic rings. The summed E-state index contributed by atoms with van der Waals surface area (Å²) < 4.78 is 0. The number of carbonyl (C=O) groups is 5. The number of hydrogen-bond donors (Lipinski definition) is 8. The van der Waals surface area contributed by atoms with E-state index in [2.05, 4.69) is 23.3 Å². The summed E-state index contributed by atoms with van der Waals surface area (Å²) in [6, 6.07) is -5.42. The van der Waals surface area contributed by atoms with Crippen molar-refractivity contribution in [1.82, 2.24) is 16.0 Å². The summed E-state index contributed by atoms with van der Waals surface area (Å²) in [4.78, 5) is 58.3. The first-order valence-corrected chi connectivity index (χ1v) is 8.90. The minimum absolute atomic E-state index is 0.255. The van der Waals surface area contributed by atoms with E-state index in [0.717, 1.165) is 0 Å². The molecule has 0 aromatic carbocycles. The van der Waals surface area contributed by atoms with Crippen LogP contribution in [-0.4, -0.2) is 81.5 Å². The molecule has 0 radical (unpaired) electrons. The quantitative estimate of drug-likeness (QED) is 0.150. The molecule has 0 fully saturated rings. The molecule has 0 aliphatic carbocycles. The predicted molar refractivity (Wildman–Crippen MR) is 99.4 cm³/mol. The number of carboxylic acid groups (broad SMARTS) is 2. The molecule has 13 heteroatoms. The van der Waals surface area contributed by atoms with Gasteiger partial charge in [-0.25, -0.2) is 4.79 Å². The SMILES string of the molecule is CC(C)C(N)C(=O)NC(CC(=O)O)C(=O)NC(CS)C(=O)NC(CO)C(=O)O. The molecule has 8 N–H and O–H groups in total. The molecule has 12 nitrogen and oxygen atoms in total. The first kappa shape index (κ1) is 25.6. The average Bonchev–Trinajstić information content (AvgIpc) is 2.61. The number of aliphatic hydroxyl groups excluding tert-OH is 1. The van der Waals surface area contributed by atoms with Gasteiger partial charge in [0, 0.05) is 5.75 Å². The van der Waals surface area contributed by atoms with Gasteiger partial charge >= 0.3 is 11.9 Å². The molecule has 4 unspecified atom stereocenters. The summed E-state index contributed by atoms with van der Waals surface area (Å²) in [7, 11) is 0. The highest BCUT2D eigenvalue weighted by Crippen LogP contribution is 2.02. The molecular weight excluding hydrogens is 396 g/mol. The topological polar surface area (TPSA) is 208 Å². The van der Waals surface area contributed by atoms with Gasteiger partial charge in [0.15, 0.2) is 0 Å². The number of amides is 3. The third-order valence-corrected chi connectivity index (χ3v) is 4.01. The van der Waals surface area contributed by atoms with Gasteiger partial charge in [-0.15, -0.1) is 0 Å². The lowest BCUT2D eigenvalue weighted by Gasteiger charge is -2.24. The number of carboxylic acids is 2. The van der Waals surface area contributed by atoms with Crippen molar-refractivity contribution in [3.63, 3.8) is 0 Å². The molecule has 4 atom stereocenters. The lowest BCUT2D eigenvalue weighted by atomic mass is 10.0. The van der Waals surface area contributed by atoms with Crippen molar-refractivity contribution in [2.75, 3.05) is 12.4 Å². The lowest BCUT2D eigenvalue weighted by Crippen LogP contribution is -2.58. The highest BCUT2D eigenvalue weighted by atomic mass is 32.1. The summed E-state index contributed by atoms with van der Waals surface area (Å²) in [6.07, 6.45) is -0.766. The fourth-order valence-corrected chi connectivity index (χ4v) is 2.14. The van der Waals surface area contributed by atoms with Gasteiger partial charge in [0.2, 0.25) is 17.7 Å². The second-order valence-corrected chi connectivity index (χ2v) is 6.62. The van der Waals surface area contributed by atoms with Crippen LogP contribution in [0.5, 0.6) is 0 Å². The molecule has 0 rings (SSSR count). The Balaban J connectivity index is 5.19. The zero-order valence-corrected chi connectivity index (χ0v) is 16.3. The second-order valence-electron chi connectivity index (χ2n) is 6.25. The minimum atomic E-state index is -1.59. The maximum absolute atomic E-state index is 12.4. The highest BCUT2D eigenvalue weighted by molar-refractivity contribution is 7.80. The van der Waals surface area contributed by atoms with Crippen LogP contribution in [0.3, 0.4) is 0 Å². The molecule has 160 valence electrons. The van der Waals surface area contributed by atoms with E-state index in [9.17, 15) is 24.0 Å². The maximum atomic E-state index is 12.4. The van der Waals surface area contributed by atoms with Crippen molar-refractivity contribution in [3.05, 3.63) is 0 Å². The van der Waals surface area contributed by atoms with Crippen LogP contribution < -0.4 is 21.7 Å². The van der Waals surface area contributed by atoms with Gasteiger partial charge < -0.3 is 37.0 Å². The van der Waals surface area contributed by atoms with E-state index in [4.69, 9.17) is 21.1 Å². The second kappa shape index (κ2) is 12.2. The van der Waals surface area contributed by atoms with E-state index in [1.54, 1.807) is 13.8 Å². The molecule has 0 aliphatic heterocycles. The van der Waals surface area contributed by atoms with Crippen LogP contribution >= 0.6 is 12.6 Å². The molecule has 0 bridgehead atoms. The van der Waals surface area contributed by atoms with Gasteiger partial charge in [0.05, 0.1) is 19.1 Å². The van der Waals surface area contributed by atoms with Gasteiger partial charge in [-0.1, -0.05) is 13.8 Å². The Kier molecular flexibility index (Phi) is 11.1. The van der Waals surface area contributed by atoms with E-state index < -0.39 is 66.9 Å². The summed E-state index contributed by atoms with van der Waals surface area (Å²) in [5.74, 6) is -6.07. The van der Waals surface area contributed by atoms with Gasteiger partial charge in [-0.2, -0.15) is 12.6 Å². The van der Waals surface area contributed by atoms with E-state index in [0.29, 0.717) is 0 Å². The van der Waals surface area contributed by atoms with Crippen LogP contribution in [0.2, 0.25) is 0 Å². The molecule has 0 saturated carbocycles. The number of thiol groups is 1. The van der Waals surface area contributed by atoms with Crippen molar-refractivity contribution in [2.24, 2.45) is 11.7 Å². The Morgan fingerprint density at radius 3 is 1.75 bits per heavy atom.